The highest BCUT2D eigenvalue weighted by Gasteiger charge is 2.29. The molecular weight excluding hydrogens is 412 g/mol. The van der Waals surface area contributed by atoms with E-state index in [1.165, 1.54) is 0 Å². The summed E-state index contributed by atoms with van der Waals surface area (Å²) in [5, 5.41) is 13.1. The summed E-state index contributed by atoms with van der Waals surface area (Å²) in [5.74, 6) is 1.52. The minimum atomic E-state index is 0.0524. The molecule has 0 bridgehead atoms. The van der Waals surface area contributed by atoms with Gasteiger partial charge in [-0.05, 0) is 69.1 Å². The number of nitrogens with zero attached hydrogens (tertiary/aromatic N) is 3. The van der Waals surface area contributed by atoms with Crippen LogP contribution in [0.25, 0.3) is 11.3 Å². The van der Waals surface area contributed by atoms with Gasteiger partial charge in [0.05, 0.1) is 10.7 Å². The van der Waals surface area contributed by atoms with Crippen molar-refractivity contribution in [2.75, 3.05) is 24.6 Å². The van der Waals surface area contributed by atoms with E-state index in [0.29, 0.717) is 10.9 Å². The van der Waals surface area contributed by atoms with E-state index in [1.54, 1.807) is 12.4 Å². The minimum Gasteiger partial charge on any atom is -0.396 e. The van der Waals surface area contributed by atoms with Crippen LogP contribution in [0.3, 0.4) is 0 Å². The Kier molecular flexibility index (Phi) is 7.08. The number of hydrogen-bond donors (Lipinski definition) is 2. The summed E-state index contributed by atoms with van der Waals surface area (Å²) in [5.41, 5.74) is 2.84. The second-order valence-corrected chi connectivity index (χ2v) is 9.27. The Morgan fingerprint density at radius 1 is 1.19 bits per heavy atom. The van der Waals surface area contributed by atoms with Crippen molar-refractivity contribution in [1.29, 1.82) is 0 Å². The van der Waals surface area contributed by atoms with Gasteiger partial charge in [-0.3, -0.25) is 9.78 Å². The number of anilines is 1. The van der Waals surface area contributed by atoms with E-state index < -0.39 is 0 Å². The van der Waals surface area contributed by atoms with Crippen LogP contribution in [-0.4, -0.2) is 46.7 Å². The van der Waals surface area contributed by atoms with E-state index in [0.717, 1.165) is 74.3 Å². The van der Waals surface area contributed by atoms with Crippen molar-refractivity contribution >= 4 is 23.3 Å². The predicted molar refractivity (Wildman–Crippen MR) is 123 cm³/mol. The lowest BCUT2D eigenvalue weighted by Crippen LogP contribution is -2.45. The molecule has 1 aliphatic heterocycles. The summed E-state index contributed by atoms with van der Waals surface area (Å²) in [6, 6.07) is 6.22. The first-order valence-electron chi connectivity index (χ1n) is 11.3. The van der Waals surface area contributed by atoms with Gasteiger partial charge < -0.3 is 15.3 Å². The zero-order chi connectivity index (χ0) is 21.8. The van der Waals surface area contributed by atoms with Crippen LogP contribution in [0.1, 0.15) is 44.1 Å². The molecule has 1 aliphatic carbocycles. The highest BCUT2D eigenvalue weighted by atomic mass is 35.5. The van der Waals surface area contributed by atoms with Gasteiger partial charge in [-0.15, -0.1) is 0 Å². The third kappa shape index (κ3) is 5.18. The summed E-state index contributed by atoms with van der Waals surface area (Å²) in [7, 11) is 0. The van der Waals surface area contributed by atoms with Crippen LogP contribution in [-0.2, 0) is 4.79 Å². The summed E-state index contributed by atoms with van der Waals surface area (Å²) >= 11 is 6.43. The average molecular weight is 443 g/mol. The van der Waals surface area contributed by atoms with Crippen LogP contribution in [0.4, 0.5) is 5.82 Å². The van der Waals surface area contributed by atoms with Crippen molar-refractivity contribution in [1.82, 2.24) is 15.3 Å². The Bertz CT molecular complexity index is 906. The Morgan fingerprint density at radius 3 is 2.61 bits per heavy atom. The second-order valence-electron chi connectivity index (χ2n) is 8.86. The van der Waals surface area contributed by atoms with Crippen LogP contribution in [0.5, 0.6) is 0 Å². The fourth-order valence-electron chi connectivity index (χ4n) is 4.73. The van der Waals surface area contributed by atoms with Crippen molar-refractivity contribution in [3.8, 4) is 11.3 Å². The molecule has 2 aliphatic rings. The SMILES string of the molecule is Cc1cccnc1-c1cc(N2CCC(C(=O)N[C@H]3CC[C@H](CO)CC3)CC2)ncc1Cl. The first-order chi connectivity index (χ1) is 15.0. The minimum absolute atomic E-state index is 0.0524. The Balaban J connectivity index is 1.35. The quantitative estimate of drug-likeness (QED) is 0.732. The maximum Gasteiger partial charge on any atom is 0.223 e. The maximum atomic E-state index is 12.8. The number of halogens is 1. The number of rotatable bonds is 5. The number of aliphatic hydroxyl groups excluding tert-OH is 1. The number of hydrogen-bond acceptors (Lipinski definition) is 5. The van der Waals surface area contributed by atoms with E-state index >= 15 is 0 Å². The molecule has 2 aromatic rings. The van der Waals surface area contributed by atoms with Gasteiger partial charge in [0.25, 0.3) is 0 Å². The van der Waals surface area contributed by atoms with Gasteiger partial charge in [0.15, 0.2) is 0 Å². The van der Waals surface area contributed by atoms with Crippen molar-refractivity contribution in [2.45, 2.75) is 51.5 Å². The van der Waals surface area contributed by atoms with E-state index in [2.05, 4.69) is 20.2 Å². The van der Waals surface area contributed by atoms with Crippen LogP contribution in [0, 0.1) is 18.8 Å². The van der Waals surface area contributed by atoms with Gasteiger partial charge in [0, 0.05) is 49.6 Å². The maximum absolute atomic E-state index is 12.8. The molecule has 166 valence electrons. The Hall–Kier alpha value is -2.18. The van der Waals surface area contributed by atoms with Gasteiger partial charge in [0.1, 0.15) is 5.82 Å². The molecule has 2 aromatic heterocycles. The topological polar surface area (TPSA) is 78.4 Å². The monoisotopic (exact) mass is 442 g/mol. The summed E-state index contributed by atoms with van der Waals surface area (Å²) < 4.78 is 0. The van der Waals surface area contributed by atoms with E-state index in [4.69, 9.17) is 11.6 Å². The number of nitrogens with one attached hydrogen (secondary N) is 1. The van der Waals surface area contributed by atoms with Crippen LogP contribution in [0.2, 0.25) is 5.02 Å². The first kappa shape index (κ1) is 22.0. The van der Waals surface area contributed by atoms with Crippen LogP contribution in [0.15, 0.2) is 30.6 Å². The Morgan fingerprint density at radius 2 is 1.94 bits per heavy atom. The lowest BCUT2D eigenvalue weighted by molar-refractivity contribution is -0.126. The van der Waals surface area contributed by atoms with Crippen molar-refractivity contribution in [2.24, 2.45) is 11.8 Å². The lowest BCUT2D eigenvalue weighted by Gasteiger charge is -2.34. The zero-order valence-electron chi connectivity index (χ0n) is 18.1. The average Bonchev–Trinajstić information content (AvgIpc) is 2.80. The number of amides is 1. The second kappa shape index (κ2) is 9.96. The predicted octanol–water partition coefficient (Wildman–Crippen LogP) is 3.99. The van der Waals surface area contributed by atoms with Gasteiger partial charge in [-0.25, -0.2) is 4.98 Å². The molecule has 31 heavy (non-hydrogen) atoms. The standard InChI is InChI=1S/C24H31ClN4O2/c1-16-3-2-10-26-23(16)20-13-22(27-14-21(20)25)29-11-8-18(9-12-29)24(31)28-19-6-4-17(15-30)5-7-19/h2-3,10,13-14,17-19,30H,4-9,11-12,15H2,1H3,(H,28,31)/t17-,19-. The Labute approximate surface area is 189 Å². The molecule has 0 spiro atoms. The number of pyridine rings is 2. The molecule has 2 fully saturated rings. The highest BCUT2D eigenvalue weighted by Crippen LogP contribution is 2.32. The molecule has 4 rings (SSSR count). The van der Waals surface area contributed by atoms with Gasteiger partial charge in [-0.2, -0.15) is 0 Å². The molecule has 1 saturated heterocycles. The third-order valence-corrected chi connectivity index (χ3v) is 7.05. The molecule has 1 saturated carbocycles. The molecule has 6 nitrogen and oxygen atoms in total. The molecule has 1 amide bonds. The fraction of sp³-hybridized carbons (Fsp3) is 0.542. The largest absolute Gasteiger partial charge is 0.396 e. The van der Waals surface area contributed by atoms with Gasteiger partial charge >= 0.3 is 0 Å². The molecule has 0 unspecified atom stereocenters. The van der Waals surface area contributed by atoms with Crippen LogP contribution < -0.4 is 10.2 Å². The normalized spacial score (nSPS) is 22.4. The van der Waals surface area contributed by atoms with E-state index in [9.17, 15) is 9.90 Å². The molecule has 0 aromatic carbocycles. The molecule has 2 N–H and O–H groups in total. The fourth-order valence-corrected chi connectivity index (χ4v) is 4.92. The number of carbonyl (C=O) groups is 1. The molecule has 7 heteroatoms. The van der Waals surface area contributed by atoms with Crippen molar-refractivity contribution < 1.29 is 9.90 Å². The highest BCUT2D eigenvalue weighted by molar-refractivity contribution is 6.33. The molecule has 0 atom stereocenters. The summed E-state index contributed by atoms with van der Waals surface area (Å²) in [6.45, 7) is 3.88. The van der Waals surface area contributed by atoms with Crippen molar-refractivity contribution in [3.05, 3.63) is 41.2 Å². The number of carbonyl (C=O) groups excluding carboxylic acids is 1. The van der Waals surface area contributed by atoms with E-state index in [-0.39, 0.29) is 24.5 Å². The van der Waals surface area contributed by atoms with Gasteiger partial charge in [0.2, 0.25) is 5.91 Å². The summed E-state index contributed by atoms with van der Waals surface area (Å²) in [4.78, 5) is 24.0. The van der Waals surface area contributed by atoms with Gasteiger partial charge in [-0.1, -0.05) is 17.7 Å². The number of piperidine rings is 1. The van der Waals surface area contributed by atoms with E-state index in [1.807, 2.05) is 25.1 Å². The van der Waals surface area contributed by atoms with Crippen molar-refractivity contribution in [3.63, 3.8) is 0 Å². The number of aromatic nitrogens is 2. The summed E-state index contributed by atoms with van der Waals surface area (Å²) in [6.07, 6.45) is 9.06. The first-order valence-corrected chi connectivity index (χ1v) is 11.7. The smallest absolute Gasteiger partial charge is 0.223 e. The third-order valence-electron chi connectivity index (χ3n) is 6.75. The number of aliphatic hydroxyl groups is 1. The number of aryl methyl sites for hydroxylation is 1. The molecule has 3 heterocycles. The molecule has 0 radical (unpaired) electrons. The lowest BCUT2D eigenvalue weighted by atomic mass is 9.86. The zero-order valence-corrected chi connectivity index (χ0v) is 18.8. The molecular formula is C24H31ClN4O2. The van der Waals surface area contributed by atoms with Crippen LogP contribution >= 0.6 is 11.6 Å².